The fourth-order valence-electron chi connectivity index (χ4n) is 1.15. The molecule has 0 aliphatic rings. The summed E-state index contributed by atoms with van der Waals surface area (Å²) in [6.07, 6.45) is 0. The van der Waals surface area contributed by atoms with Crippen molar-refractivity contribution in [2.75, 3.05) is 13.2 Å². The van der Waals surface area contributed by atoms with Gasteiger partial charge in [0.1, 0.15) is 5.82 Å². The van der Waals surface area contributed by atoms with E-state index in [9.17, 15) is 4.39 Å². The Bertz CT molecular complexity index is 356. The van der Waals surface area contributed by atoms with E-state index in [1.807, 2.05) is 0 Å². The molecule has 0 atom stereocenters. The van der Waals surface area contributed by atoms with Gasteiger partial charge in [0.2, 0.25) is 0 Å². The van der Waals surface area contributed by atoms with E-state index in [0.717, 1.165) is 0 Å². The van der Waals surface area contributed by atoms with Crippen molar-refractivity contribution in [3.8, 4) is 0 Å². The minimum atomic E-state index is -0.796. The van der Waals surface area contributed by atoms with Crippen molar-refractivity contribution in [3.05, 3.63) is 34.6 Å². The van der Waals surface area contributed by atoms with E-state index in [1.165, 1.54) is 18.2 Å². The second kappa shape index (κ2) is 5.59. The molecule has 1 rings (SSSR count). The summed E-state index contributed by atoms with van der Waals surface area (Å²) in [6, 6.07) is 4.08. The minimum Gasteiger partial charge on any atom is -0.394 e. The predicted octanol–water partition coefficient (Wildman–Crippen LogP) is 1.31. The van der Waals surface area contributed by atoms with Gasteiger partial charge in [-0.1, -0.05) is 11.6 Å². The first-order chi connectivity index (χ1) is 7.50. The van der Waals surface area contributed by atoms with Crippen LogP contribution in [0.5, 0.6) is 0 Å². The molecular weight excluding hydrogens is 233 g/mol. The SMILES string of the molecule is CC(CO)(CO)NCc1cc(F)ccc1Cl. The van der Waals surface area contributed by atoms with Crippen molar-refractivity contribution in [2.24, 2.45) is 0 Å². The molecule has 0 aromatic heterocycles. The van der Waals surface area contributed by atoms with Crippen LogP contribution >= 0.6 is 11.6 Å². The topological polar surface area (TPSA) is 52.5 Å². The highest BCUT2D eigenvalue weighted by molar-refractivity contribution is 6.31. The van der Waals surface area contributed by atoms with Crippen molar-refractivity contribution < 1.29 is 14.6 Å². The summed E-state index contributed by atoms with van der Waals surface area (Å²) in [7, 11) is 0. The number of hydrogen-bond acceptors (Lipinski definition) is 3. The maximum Gasteiger partial charge on any atom is 0.123 e. The molecule has 0 unspecified atom stereocenters. The first kappa shape index (κ1) is 13.4. The molecule has 0 aliphatic heterocycles. The summed E-state index contributed by atoms with van der Waals surface area (Å²) in [6.45, 7) is 1.53. The molecule has 0 saturated carbocycles. The molecule has 1 aromatic rings. The van der Waals surface area contributed by atoms with Crippen LogP contribution in [-0.4, -0.2) is 29.0 Å². The lowest BCUT2D eigenvalue weighted by atomic mass is 10.0. The van der Waals surface area contributed by atoms with Gasteiger partial charge in [-0.15, -0.1) is 0 Å². The van der Waals surface area contributed by atoms with Gasteiger partial charge in [-0.3, -0.25) is 0 Å². The fourth-order valence-corrected chi connectivity index (χ4v) is 1.33. The molecule has 5 heteroatoms. The first-order valence-electron chi connectivity index (χ1n) is 4.91. The Labute approximate surface area is 98.9 Å². The van der Waals surface area contributed by atoms with Crippen LogP contribution in [0.3, 0.4) is 0 Å². The lowest BCUT2D eigenvalue weighted by Crippen LogP contribution is -2.48. The zero-order valence-corrected chi connectivity index (χ0v) is 9.76. The van der Waals surface area contributed by atoms with Crippen molar-refractivity contribution >= 4 is 11.6 Å². The quantitative estimate of drug-likeness (QED) is 0.736. The van der Waals surface area contributed by atoms with Crippen LogP contribution in [0, 0.1) is 5.82 Å². The minimum absolute atomic E-state index is 0.212. The Morgan fingerprint density at radius 1 is 1.38 bits per heavy atom. The van der Waals surface area contributed by atoms with Crippen molar-refractivity contribution in [1.29, 1.82) is 0 Å². The van der Waals surface area contributed by atoms with Gasteiger partial charge in [0.05, 0.1) is 18.8 Å². The van der Waals surface area contributed by atoms with Crippen LogP contribution in [0.15, 0.2) is 18.2 Å². The van der Waals surface area contributed by atoms with Gasteiger partial charge in [-0.05, 0) is 30.7 Å². The number of hydrogen-bond donors (Lipinski definition) is 3. The Kier molecular flexibility index (Phi) is 4.68. The number of benzene rings is 1. The summed E-state index contributed by atoms with van der Waals surface area (Å²) >= 11 is 5.88. The average molecular weight is 248 g/mol. The zero-order chi connectivity index (χ0) is 12.2. The normalized spacial score (nSPS) is 11.8. The van der Waals surface area contributed by atoms with Crippen LogP contribution in [0.1, 0.15) is 12.5 Å². The molecule has 90 valence electrons. The van der Waals surface area contributed by atoms with Gasteiger partial charge in [-0.2, -0.15) is 0 Å². The second-order valence-electron chi connectivity index (χ2n) is 3.97. The third-order valence-corrected chi connectivity index (χ3v) is 2.78. The van der Waals surface area contributed by atoms with E-state index >= 15 is 0 Å². The first-order valence-corrected chi connectivity index (χ1v) is 5.29. The summed E-state index contributed by atoms with van der Waals surface area (Å²) < 4.78 is 12.9. The molecule has 3 nitrogen and oxygen atoms in total. The molecule has 16 heavy (non-hydrogen) atoms. The fraction of sp³-hybridized carbons (Fsp3) is 0.455. The highest BCUT2D eigenvalue weighted by Gasteiger charge is 2.21. The number of aliphatic hydroxyl groups excluding tert-OH is 2. The molecule has 0 amide bonds. The van der Waals surface area contributed by atoms with Gasteiger partial charge >= 0.3 is 0 Å². The number of nitrogens with one attached hydrogen (secondary N) is 1. The lowest BCUT2D eigenvalue weighted by molar-refractivity contribution is 0.103. The molecule has 1 aromatic carbocycles. The standard InChI is InChI=1S/C11H15ClFNO2/c1-11(6-15,7-16)14-5-8-4-9(13)2-3-10(8)12/h2-4,14-16H,5-7H2,1H3. The van der Waals surface area contributed by atoms with E-state index < -0.39 is 5.54 Å². The van der Waals surface area contributed by atoms with Gasteiger partial charge < -0.3 is 15.5 Å². The van der Waals surface area contributed by atoms with Gasteiger partial charge in [0.15, 0.2) is 0 Å². The Hall–Kier alpha value is -0.680. The Morgan fingerprint density at radius 3 is 2.56 bits per heavy atom. The Balaban J connectivity index is 2.70. The van der Waals surface area contributed by atoms with Crippen molar-refractivity contribution in [2.45, 2.75) is 19.0 Å². The van der Waals surface area contributed by atoms with Crippen molar-refractivity contribution in [1.82, 2.24) is 5.32 Å². The van der Waals surface area contributed by atoms with Crippen LogP contribution in [0.25, 0.3) is 0 Å². The van der Waals surface area contributed by atoms with Crippen molar-refractivity contribution in [3.63, 3.8) is 0 Å². The average Bonchev–Trinajstić information content (AvgIpc) is 2.30. The van der Waals surface area contributed by atoms with Gasteiger partial charge in [0.25, 0.3) is 0 Å². The number of halogens is 2. The van der Waals surface area contributed by atoms with Gasteiger partial charge in [-0.25, -0.2) is 4.39 Å². The highest BCUT2D eigenvalue weighted by atomic mass is 35.5. The summed E-state index contributed by atoms with van der Waals surface area (Å²) in [4.78, 5) is 0. The molecule has 0 spiro atoms. The third-order valence-electron chi connectivity index (χ3n) is 2.41. The highest BCUT2D eigenvalue weighted by Crippen LogP contribution is 2.17. The summed E-state index contributed by atoms with van der Waals surface area (Å²) in [5.74, 6) is -0.365. The smallest absolute Gasteiger partial charge is 0.123 e. The second-order valence-corrected chi connectivity index (χ2v) is 4.37. The molecule has 0 saturated heterocycles. The van der Waals surface area contributed by atoms with E-state index in [0.29, 0.717) is 10.6 Å². The largest absolute Gasteiger partial charge is 0.394 e. The van der Waals surface area contributed by atoms with E-state index in [-0.39, 0.29) is 25.6 Å². The summed E-state index contributed by atoms with van der Waals surface area (Å²) in [5.41, 5.74) is -0.204. The number of rotatable bonds is 5. The molecule has 0 heterocycles. The zero-order valence-electron chi connectivity index (χ0n) is 9.00. The summed E-state index contributed by atoms with van der Waals surface area (Å²) in [5, 5.41) is 21.5. The van der Waals surface area contributed by atoms with Crippen LogP contribution in [0.4, 0.5) is 4.39 Å². The lowest BCUT2D eigenvalue weighted by Gasteiger charge is -2.26. The van der Waals surface area contributed by atoms with Crippen LogP contribution < -0.4 is 5.32 Å². The van der Waals surface area contributed by atoms with Gasteiger partial charge in [0, 0.05) is 11.6 Å². The molecule has 0 radical (unpaired) electrons. The molecule has 0 fully saturated rings. The third kappa shape index (κ3) is 3.42. The van der Waals surface area contributed by atoms with E-state index in [4.69, 9.17) is 21.8 Å². The monoisotopic (exact) mass is 247 g/mol. The molecule has 3 N–H and O–H groups in total. The molecular formula is C11H15ClFNO2. The van der Waals surface area contributed by atoms with E-state index in [1.54, 1.807) is 6.92 Å². The molecule has 0 bridgehead atoms. The predicted molar refractivity (Wildman–Crippen MR) is 60.8 cm³/mol. The maximum atomic E-state index is 12.9. The van der Waals surface area contributed by atoms with Crippen LogP contribution in [-0.2, 0) is 6.54 Å². The molecule has 0 aliphatic carbocycles. The van der Waals surface area contributed by atoms with E-state index in [2.05, 4.69) is 5.32 Å². The number of aliphatic hydroxyl groups is 2. The van der Waals surface area contributed by atoms with Crippen LogP contribution in [0.2, 0.25) is 5.02 Å². The maximum absolute atomic E-state index is 12.9. The Morgan fingerprint density at radius 2 is 2.00 bits per heavy atom.